The number of amides is 4. The molecule has 0 aromatic rings. The number of carbonyl (C=O) groups is 5. The average molecular weight is 444 g/mol. The fraction of sp³-hybridized carbons (Fsp3) is 0.647. The van der Waals surface area contributed by atoms with Gasteiger partial charge in [-0.3, -0.25) is 29.0 Å². The summed E-state index contributed by atoms with van der Waals surface area (Å²) in [6, 6.07) is -4.37. The molecule has 176 valence electrons. The Hall–Kier alpha value is -3.42. The molecule has 0 aliphatic carbocycles. The molecule has 0 aliphatic rings. The zero-order valence-corrected chi connectivity index (χ0v) is 17.6. The van der Waals surface area contributed by atoms with Crippen LogP contribution in [0, 0.1) is 0 Å². The number of carboxylic acids is 1. The van der Waals surface area contributed by atoms with Gasteiger partial charge < -0.3 is 44.0 Å². The van der Waals surface area contributed by atoms with E-state index in [4.69, 9.17) is 28.0 Å². The van der Waals surface area contributed by atoms with E-state index in [1.54, 1.807) is 0 Å². The molecule has 0 rings (SSSR count). The van der Waals surface area contributed by atoms with Crippen LogP contribution in [-0.4, -0.2) is 71.4 Å². The van der Waals surface area contributed by atoms with E-state index in [9.17, 15) is 24.0 Å². The van der Waals surface area contributed by atoms with E-state index in [2.05, 4.69) is 20.9 Å². The Morgan fingerprint density at radius 1 is 0.871 bits per heavy atom. The SMILES string of the molecule is CC(NC(=O)C(C)NC(=O)C(CCCN=C(N)N)NC(=O)C(N)CCC(N)=O)C(=O)O. The number of nitrogens with two attached hydrogens (primary N) is 4. The summed E-state index contributed by atoms with van der Waals surface area (Å²) in [6.07, 6.45) is 0.338. The van der Waals surface area contributed by atoms with Crippen LogP contribution in [0.2, 0.25) is 0 Å². The number of nitrogens with zero attached hydrogens (tertiary/aromatic N) is 1. The fourth-order valence-electron chi connectivity index (χ4n) is 2.26. The number of hydrogen-bond acceptors (Lipinski definition) is 7. The molecule has 0 aliphatic heterocycles. The van der Waals surface area contributed by atoms with E-state index in [0.717, 1.165) is 0 Å². The van der Waals surface area contributed by atoms with Gasteiger partial charge in [-0.1, -0.05) is 0 Å². The molecule has 0 bridgehead atoms. The van der Waals surface area contributed by atoms with Crippen molar-refractivity contribution in [3.63, 3.8) is 0 Å². The maximum absolute atomic E-state index is 12.6. The number of rotatable bonds is 14. The molecule has 0 saturated carbocycles. The molecule has 0 spiro atoms. The van der Waals surface area contributed by atoms with Crippen LogP contribution in [0.5, 0.6) is 0 Å². The third-order valence-corrected chi connectivity index (χ3v) is 4.10. The van der Waals surface area contributed by atoms with Crippen molar-refractivity contribution < 1.29 is 29.1 Å². The van der Waals surface area contributed by atoms with Crippen molar-refractivity contribution in [1.82, 2.24) is 16.0 Å². The fourth-order valence-corrected chi connectivity index (χ4v) is 2.26. The van der Waals surface area contributed by atoms with Gasteiger partial charge in [0.05, 0.1) is 6.04 Å². The number of hydrogen-bond donors (Lipinski definition) is 8. The Balaban J connectivity index is 5.07. The van der Waals surface area contributed by atoms with Crippen LogP contribution in [0.3, 0.4) is 0 Å². The topological polar surface area (TPSA) is 258 Å². The number of carbonyl (C=O) groups excluding carboxylic acids is 4. The largest absolute Gasteiger partial charge is 0.480 e. The lowest BCUT2D eigenvalue weighted by molar-refractivity contribution is -0.141. The van der Waals surface area contributed by atoms with Crippen molar-refractivity contribution in [2.24, 2.45) is 27.9 Å². The van der Waals surface area contributed by atoms with E-state index in [-0.39, 0.29) is 31.8 Å². The normalized spacial score (nSPS) is 14.3. The van der Waals surface area contributed by atoms with Gasteiger partial charge in [0.2, 0.25) is 23.6 Å². The summed E-state index contributed by atoms with van der Waals surface area (Å²) >= 11 is 0. The van der Waals surface area contributed by atoms with Crippen molar-refractivity contribution in [2.45, 2.75) is 63.7 Å². The number of nitrogens with one attached hydrogen (secondary N) is 3. The molecule has 14 heteroatoms. The van der Waals surface area contributed by atoms with Gasteiger partial charge in [0.1, 0.15) is 18.1 Å². The molecule has 12 N–H and O–H groups in total. The smallest absolute Gasteiger partial charge is 0.325 e. The van der Waals surface area contributed by atoms with E-state index in [1.165, 1.54) is 13.8 Å². The van der Waals surface area contributed by atoms with E-state index >= 15 is 0 Å². The van der Waals surface area contributed by atoms with Crippen molar-refractivity contribution in [3.05, 3.63) is 0 Å². The van der Waals surface area contributed by atoms with Crippen molar-refractivity contribution >= 4 is 35.6 Å². The molecule has 31 heavy (non-hydrogen) atoms. The summed E-state index contributed by atoms with van der Waals surface area (Å²) in [7, 11) is 0. The second kappa shape index (κ2) is 13.7. The molecular weight excluding hydrogens is 412 g/mol. The highest BCUT2D eigenvalue weighted by Crippen LogP contribution is 2.02. The maximum atomic E-state index is 12.6. The summed E-state index contributed by atoms with van der Waals surface area (Å²) in [5, 5.41) is 16.0. The monoisotopic (exact) mass is 444 g/mol. The predicted molar refractivity (Wildman–Crippen MR) is 111 cm³/mol. The van der Waals surface area contributed by atoms with Crippen LogP contribution in [0.15, 0.2) is 4.99 Å². The van der Waals surface area contributed by atoms with Gasteiger partial charge in [-0.25, -0.2) is 0 Å². The third kappa shape index (κ3) is 12.0. The number of guanidine groups is 1. The second-order valence-electron chi connectivity index (χ2n) is 6.92. The Morgan fingerprint density at radius 3 is 1.97 bits per heavy atom. The summed E-state index contributed by atoms with van der Waals surface area (Å²) in [6.45, 7) is 2.83. The first-order valence-electron chi connectivity index (χ1n) is 9.58. The lowest BCUT2D eigenvalue weighted by atomic mass is 10.1. The zero-order valence-electron chi connectivity index (χ0n) is 17.6. The first-order chi connectivity index (χ1) is 14.3. The molecule has 0 aromatic heterocycles. The van der Waals surface area contributed by atoms with Crippen LogP contribution < -0.4 is 38.9 Å². The molecule has 0 radical (unpaired) electrons. The van der Waals surface area contributed by atoms with E-state index < -0.39 is 53.8 Å². The number of primary amides is 1. The molecule has 4 unspecified atom stereocenters. The average Bonchev–Trinajstić information content (AvgIpc) is 2.67. The molecule has 0 aromatic carbocycles. The summed E-state index contributed by atoms with van der Waals surface area (Å²) < 4.78 is 0. The van der Waals surface area contributed by atoms with Gasteiger partial charge in [-0.05, 0) is 33.1 Å². The minimum absolute atomic E-state index is 0.00457. The summed E-state index contributed by atoms with van der Waals surface area (Å²) in [5.74, 6) is -4.07. The van der Waals surface area contributed by atoms with Crippen LogP contribution in [0.25, 0.3) is 0 Å². The Morgan fingerprint density at radius 2 is 1.45 bits per heavy atom. The molecular formula is C17H32N8O6. The third-order valence-electron chi connectivity index (χ3n) is 4.10. The Kier molecular flexibility index (Phi) is 12.2. The van der Waals surface area contributed by atoms with Crippen molar-refractivity contribution in [1.29, 1.82) is 0 Å². The molecule has 0 saturated heterocycles. The van der Waals surface area contributed by atoms with Gasteiger partial charge in [0.25, 0.3) is 0 Å². The highest BCUT2D eigenvalue weighted by Gasteiger charge is 2.27. The zero-order chi connectivity index (χ0) is 24.1. The van der Waals surface area contributed by atoms with Crippen LogP contribution in [0.4, 0.5) is 0 Å². The van der Waals surface area contributed by atoms with Gasteiger partial charge >= 0.3 is 5.97 Å². The standard InChI is InChI=1S/C17H32N8O6/c1-8(13(27)24-9(2)16(30)31)23-15(29)11(4-3-7-22-17(20)21)25-14(28)10(18)5-6-12(19)26/h8-11H,3-7,18H2,1-2H3,(H2,19,26)(H,23,29)(H,24,27)(H,25,28)(H,30,31)(H4,20,21,22). The first kappa shape index (κ1) is 27.6. The summed E-state index contributed by atoms with van der Waals surface area (Å²) in [4.78, 5) is 62.4. The second-order valence-corrected chi connectivity index (χ2v) is 6.92. The van der Waals surface area contributed by atoms with Crippen molar-refractivity contribution in [3.8, 4) is 0 Å². The van der Waals surface area contributed by atoms with Gasteiger partial charge in [-0.15, -0.1) is 0 Å². The van der Waals surface area contributed by atoms with E-state index in [1.807, 2.05) is 0 Å². The van der Waals surface area contributed by atoms with Gasteiger partial charge in [-0.2, -0.15) is 0 Å². The van der Waals surface area contributed by atoms with Crippen molar-refractivity contribution in [2.75, 3.05) is 6.54 Å². The molecule has 4 atom stereocenters. The van der Waals surface area contributed by atoms with Crippen LogP contribution >= 0.6 is 0 Å². The Labute approximate surface area is 179 Å². The summed E-state index contributed by atoms with van der Waals surface area (Å²) in [5.41, 5.74) is 21.2. The van der Waals surface area contributed by atoms with Crippen LogP contribution in [-0.2, 0) is 24.0 Å². The molecule has 0 fully saturated rings. The lowest BCUT2D eigenvalue weighted by Gasteiger charge is -2.23. The van der Waals surface area contributed by atoms with Gasteiger partial charge in [0, 0.05) is 13.0 Å². The minimum Gasteiger partial charge on any atom is -0.480 e. The first-order valence-corrected chi connectivity index (χ1v) is 9.58. The predicted octanol–water partition coefficient (Wildman–Crippen LogP) is -3.79. The van der Waals surface area contributed by atoms with E-state index in [0.29, 0.717) is 6.42 Å². The highest BCUT2D eigenvalue weighted by atomic mass is 16.4. The van der Waals surface area contributed by atoms with Crippen LogP contribution in [0.1, 0.15) is 39.5 Å². The molecule has 0 heterocycles. The number of aliphatic imine (C=N–C) groups is 1. The highest BCUT2D eigenvalue weighted by molar-refractivity contribution is 5.93. The number of carboxylic acid groups (broad SMARTS) is 1. The maximum Gasteiger partial charge on any atom is 0.325 e. The molecule has 4 amide bonds. The minimum atomic E-state index is -1.23. The Bertz CT molecular complexity index is 694. The molecule has 14 nitrogen and oxygen atoms in total. The quantitative estimate of drug-likeness (QED) is 0.0741. The number of aliphatic carboxylic acids is 1. The van der Waals surface area contributed by atoms with Gasteiger partial charge in [0.15, 0.2) is 5.96 Å². The lowest BCUT2D eigenvalue weighted by Crippen LogP contribution is -2.56.